The van der Waals surface area contributed by atoms with Crippen molar-refractivity contribution in [2.45, 2.75) is 71.9 Å². The van der Waals surface area contributed by atoms with Gasteiger partial charge >= 0.3 is 22.4 Å². The van der Waals surface area contributed by atoms with Crippen LogP contribution in [0.5, 0.6) is 0 Å². The second-order valence-corrected chi connectivity index (χ2v) is 10.3. The molecule has 2 heterocycles. The summed E-state index contributed by atoms with van der Waals surface area (Å²) in [6.07, 6.45) is 1.50. The molecular weight excluding hydrogens is 418 g/mol. The molecule has 0 aromatic carbocycles. The Kier molecular flexibility index (Phi) is 7.04. The maximum absolute atomic E-state index is 12.4. The Morgan fingerprint density at radius 1 is 1.17 bits per heavy atom. The fraction of sp³-hybridized carbons (Fsp3) is 0.833. The SMILES string of the molecule is CC(C)(CCOS(=O)(=O)ON1C(=O)N2C[C@H]1CC[C@H]2C(N)=O)C(C)(C)CCC(=O)O. The van der Waals surface area contributed by atoms with Crippen molar-refractivity contribution >= 4 is 28.3 Å². The minimum atomic E-state index is -4.50. The third kappa shape index (κ3) is 5.41. The van der Waals surface area contributed by atoms with E-state index in [1.165, 1.54) is 4.90 Å². The Balaban J connectivity index is 1.93. The number of urea groups is 1. The van der Waals surface area contributed by atoms with Crippen molar-refractivity contribution in [3.63, 3.8) is 0 Å². The number of nitrogens with two attached hydrogens (primary N) is 1. The molecule has 2 atom stereocenters. The largest absolute Gasteiger partial charge is 0.481 e. The third-order valence-electron chi connectivity index (χ3n) is 6.57. The maximum Gasteiger partial charge on any atom is 0.421 e. The summed E-state index contributed by atoms with van der Waals surface area (Å²) < 4.78 is 34.4. The molecule has 172 valence electrons. The minimum Gasteiger partial charge on any atom is -0.481 e. The number of hydroxylamine groups is 2. The zero-order valence-electron chi connectivity index (χ0n) is 17.8. The van der Waals surface area contributed by atoms with Crippen molar-refractivity contribution in [2.75, 3.05) is 13.2 Å². The molecule has 0 spiro atoms. The predicted octanol–water partition coefficient (Wildman–Crippen LogP) is 1.24. The van der Waals surface area contributed by atoms with Crippen LogP contribution in [0.4, 0.5) is 4.79 Å². The second-order valence-electron chi connectivity index (χ2n) is 9.13. The van der Waals surface area contributed by atoms with E-state index in [-0.39, 0.29) is 25.0 Å². The lowest BCUT2D eigenvalue weighted by molar-refractivity contribution is -0.138. The number of amides is 3. The lowest BCUT2D eigenvalue weighted by Crippen LogP contribution is -2.47. The molecule has 0 radical (unpaired) electrons. The van der Waals surface area contributed by atoms with Gasteiger partial charge in [0.05, 0.1) is 12.6 Å². The Hall–Kier alpha value is -1.92. The molecule has 0 aliphatic carbocycles. The predicted molar refractivity (Wildman–Crippen MR) is 105 cm³/mol. The van der Waals surface area contributed by atoms with Gasteiger partial charge in [-0.1, -0.05) is 27.7 Å². The molecule has 0 saturated carbocycles. The van der Waals surface area contributed by atoms with Gasteiger partial charge in [0.2, 0.25) is 5.91 Å². The highest BCUT2D eigenvalue weighted by atomic mass is 32.3. The highest BCUT2D eigenvalue weighted by molar-refractivity contribution is 7.81. The summed E-state index contributed by atoms with van der Waals surface area (Å²) in [4.78, 5) is 36.0. The highest BCUT2D eigenvalue weighted by Crippen LogP contribution is 2.44. The Labute approximate surface area is 176 Å². The fourth-order valence-electron chi connectivity index (χ4n) is 3.64. The molecule has 2 aliphatic heterocycles. The number of carbonyl (C=O) groups is 3. The molecule has 3 N–H and O–H groups in total. The molecule has 2 bridgehead atoms. The monoisotopic (exact) mass is 449 g/mol. The average Bonchev–Trinajstić information content (AvgIpc) is 2.83. The number of carboxylic acid groups (broad SMARTS) is 1. The van der Waals surface area contributed by atoms with Gasteiger partial charge in [-0.15, -0.1) is 4.28 Å². The van der Waals surface area contributed by atoms with Crippen molar-refractivity contribution < 1.29 is 36.4 Å². The van der Waals surface area contributed by atoms with Crippen LogP contribution >= 0.6 is 0 Å². The standard InChI is InChI=1S/C18H31N3O8S/c1-17(2,8-7-14(22)23)18(3,4)9-10-28-30(26,27)29-21-12-5-6-13(15(19)24)20(11-12)16(21)25/h12-13H,5-11H2,1-4H3,(H2,19,24)(H,22,23)/t12-,13+/m1/s1. The topological polar surface area (TPSA) is 157 Å². The maximum atomic E-state index is 12.4. The summed E-state index contributed by atoms with van der Waals surface area (Å²) in [5.74, 6) is -1.53. The molecule has 12 heteroatoms. The summed E-state index contributed by atoms with van der Waals surface area (Å²) >= 11 is 0. The summed E-state index contributed by atoms with van der Waals surface area (Å²) in [5.41, 5.74) is 4.50. The highest BCUT2D eigenvalue weighted by Gasteiger charge is 2.49. The Morgan fingerprint density at radius 3 is 2.33 bits per heavy atom. The van der Waals surface area contributed by atoms with Gasteiger partial charge < -0.3 is 15.7 Å². The molecule has 2 saturated heterocycles. The van der Waals surface area contributed by atoms with Crippen LogP contribution in [0.1, 0.15) is 59.8 Å². The van der Waals surface area contributed by atoms with Gasteiger partial charge in [0.25, 0.3) is 0 Å². The first kappa shape index (κ1) is 24.4. The van der Waals surface area contributed by atoms with Crippen LogP contribution in [-0.2, 0) is 28.5 Å². The third-order valence-corrected chi connectivity index (χ3v) is 7.37. The zero-order chi connectivity index (χ0) is 22.9. The number of rotatable bonds is 11. The van der Waals surface area contributed by atoms with Crippen LogP contribution in [-0.4, -0.2) is 66.6 Å². The number of aliphatic carboxylic acids is 1. The molecular formula is C18H31N3O8S. The van der Waals surface area contributed by atoms with Gasteiger partial charge in [-0.05, 0) is 36.5 Å². The number of primary amides is 1. The van der Waals surface area contributed by atoms with E-state index in [0.29, 0.717) is 25.7 Å². The van der Waals surface area contributed by atoms with Crippen LogP contribution in [0.3, 0.4) is 0 Å². The van der Waals surface area contributed by atoms with E-state index in [2.05, 4.69) is 0 Å². The quantitative estimate of drug-likeness (QED) is 0.477. The molecule has 11 nitrogen and oxygen atoms in total. The molecule has 2 aliphatic rings. The van der Waals surface area contributed by atoms with Crippen molar-refractivity contribution in [1.82, 2.24) is 9.96 Å². The normalized spacial score (nSPS) is 22.5. The molecule has 2 fully saturated rings. The molecule has 0 unspecified atom stereocenters. The molecule has 3 amide bonds. The van der Waals surface area contributed by atoms with Gasteiger partial charge in [-0.2, -0.15) is 13.5 Å². The summed E-state index contributed by atoms with van der Waals surface area (Å²) in [6.45, 7) is 7.65. The van der Waals surface area contributed by atoms with E-state index in [4.69, 9.17) is 19.3 Å². The van der Waals surface area contributed by atoms with Gasteiger partial charge in [0.15, 0.2) is 0 Å². The smallest absolute Gasteiger partial charge is 0.421 e. The van der Waals surface area contributed by atoms with Gasteiger partial charge in [0.1, 0.15) is 6.04 Å². The van der Waals surface area contributed by atoms with E-state index >= 15 is 0 Å². The first-order valence-corrected chi connectivity index (χ1v) is 11.2. The van der Waals surface area contributed by atoms with Crippen molar-refractivity contribution in [2.24, 2.45) is 16.6 Å². The van der Waals surface area contributed by atoms with Crippen molar-refractivity contribution in [3.05, 3.63) is 0 Å². The van der Waals surface area contributed by atoms with E-state index in [1.54, 1.807) is 0 Å². The van der Waals surface area contributed by atoms with Crippen LogP contribution in [0.2, 0.25) is 0 Å². The number of piperidine rings is 1. The summed E-state index contributed by atoms with van der Waals surface area (Å²) in [6, 6.07) is -2.01. The first-order valence-electron chi connectivity index (χ1n) is 9.87. The lowest BCUT2D eigenvalue weighted by atomic mass is 9.64. The molecule has 30 heavy (non-hydrogen) atoms. The summed E-state index contributed by atoms with van der Waals surface area (Å²) in [7, 11) is -4.50. The Bertz CT molecular complexity index is 795. The molecule has 0 aromatic rings. The molecule has 0 aromatic heterocycles. The van der Waals surface area contributed by atoms with Crippen LogP contribution in [0.25, 0.3) is 0 Å². The second kappa shape index (κ2) is 8.67. The zero-order valence-corrected chi connectivity index (χ0v) is 18.6. The van der Waals surface area contributed by atoms with E-state index in [9.17, 15) is 22.8 Å². The van der Waals surface area contributed by atoms with Gasteiger partial charge in [0, 0.05) is 13.0 Å². The van der Waals surface area contributed by atoms with Crippen LogP contribution in [0.15, 0.2) is 0 Å². The Morgan fingerprint density at radius 2 is 1.77 bits per heavy atom. The van der Waals surface area contributed by atoms with Crippen LogP contribution in [0, 0.1) is 10.8 Å². The summed E-state index contributed by atoms with van der Waals surface area (Å²) in [5, 5.41) is 9.65. The van der Waals surface area contributed by atoms with E-state index in [0.717, 1.165) is 5.06 Å². The lowest BCUT2D eigenvalue weighted by Gasteiger charge is -2.41. The molecule has 2 rings (SSSR count). The average molecular weight is 450 g/mol. The van der Waals surface area contributed by atoms with E-state index in [1.807, 2.05) is 27.7 Å². The number of hydrogen-bond acceptors (Lipinski definition) is 7. The van der Waals surface area contributed by atoms with Crippen molar-refractivity contribution in [3.8, 4) is 0 Å². The van der Waals surface area contributed by atoms with Gasteiger partial charge in [-0.25, -0.2) is 8.98 Å². The van der Waals surface area contributed by atoms with Crippen LogP contribution < -0.4 is 5.73 Å². The minimum absolute atomic E-state index is 0.0138. The number of carboxylic acids is 1. The number of nitrogens with zero attached hydrogens (tertiary/aromatic N) is 2. The first-order chi connectivity index (χ1) is 13.7. The fourth-order valence-corrected chi connectivity index (χ4v) is 4.35. The van der Waals surface area contributed by atoms with Crippen molar-refractivity contribution in [1.29, 1.82) is 0 Å². The number of carbonyl (C=O) groups excluding carboxylic acids is 2. The number of fused-ring (bicyclic) bond motifs is 2. The van der Waals surface area contributed by atoms with Gasteiger partial charge in [-0.3, -0.25) is 9.59 Å². The van der Waals surface area contributed by atoms with E-state index < -0.39 is 45.8 Å². The number of hydrogen-bond donors (Lipinski definition) is 2.